The van der Waals surface area contributed by atoms with Crippen molar-refractivity contribution in [2.45, 2.75) is 39.7 Å². The third-order valence-corrected chi connectivity index (χ3v) is 4.58. The summed E-state index contributed by atoms with van der Waals surface area (Å²) in [5.74, 6) is 0.223. The smallest absolute Gasteiger partial charge is 0.222 e. The molecule has 152 valence electrons. The van der Waals surface area contributed by atoms with E-state index in [0.29, 0.717) is 25.5 Å². The molecule has 0 radical (unpaired) electrons. The predicted octanol–water partition coefficient (Wildman–Crippen LogP) is 1.95. The van der Waals surface area contributed by atoms with Crippen LogP contribution >= 0.6 is 0 Å². The Labute approximate surface area is 164 Å². The lowest BCUT2D eigenvalue weighted by Gasteiger charge is -2.17. The number of hydrogen-bond acceptors (Lipinski definition) is 4. The van der Waals surface area contributed by atoms with E-state index in [9.17, 15) is 9.18 Å². The second kappa shape index (κ2) is 10.4. The number of aryl methyl sites for hydroxylation is 2. The minimum Gasteiger partial charge on any atom is -0.369 e. The molecule has 1 heterocycles. The first-order valence-electron chi connectivity index (χ1n) is 9.42. The highest BCUT2D eigenvalue weighted by Crippen LogP contribution is 2.15. The molecule has 28 heavy (non-hydrogen) atoms. The molecule has 1 aromatic carbocycles. The average Bonchev–Trinajstić information content (AvgIpc) is 3.10. The zero-order chi connectivity index (χ0) is 20.5. The Morgan fingerprint density at radius 3 is 2.54 bits per heavy atom. The maximum Gasteiger partial charge on any atom is 0.222 e. The Balaban J connectivity index is 1.95. The number of primary amides is 1. The standard InChI is InChI=1S/C20H28FN5O2/c1-4-17-16(18(5-2)28-26-17)12-25-20(23-3)24-11-14(19(22)27)10-13-6-8-15(21)9-7-13/h6-9,14H,4-5,10-12H2,1-3H3,(H2,22,27)(H2,23,24,25). The second-order valence-electron chi connectivity index (χ2n) is 6.47. The van der Waals surface area contributed by atoms with Gasteiger partial charge in [-0.3, -0.25) is 9.79 Å². The van der Waals surface area contributed by atoms with Crippen LogP contribution in [0.4, 0.5) is 4.39 Å². The van der Waals surface area contributed by atoms with Gasteiger partial charge in [0.05, 0.1) is 11.6 Å². The number of amides is 1. The van der Waals surface area contributed by atoms with Crippen molar-refractivity contribution in [3.8, 4) is 0 Å². The molecule has 1 amide bonds. The van der Waals surface area contributed by atoms with Gasteiger partial charge in [-0.05, 0) is 30.5 Å². The molecule has 0 aliphatic heterocycles. The number of aromatic nitrogens is 1. The molecule has 0 saturated heterocycles. The van der Waals surface area contributed by atoms with Gasteiger partial charge in [0, 0.05) is 32.1 Å². The van der Waals surface area contributed by atoms with E-state index in [1.807, 2.05) is 13.8 Å². The number of nitrogens with two attached hydrogens (primary N) is 1. The van der Waals surface area contributed by atoms with Crippen LogP contribution in [0, 0.1) is 11.7 Å². The first-order valence-corrected chi connectivity index (χ1v) is 9.42. The number of benzene rings is 1. The number of aliphatic imine (C=N–C) groups is 1. The van der Waals surface area contributed by atoms with Gasteiger partial charge in [0.1, 0.15) is 11.6 Å². The van der Waals surface area contributed by atoms with Crippen molar-refractivity contribution < 1.29 is 13.7 Å². The normalized spacial score (nSPS) is 12.6. The van der Waals surface area contributed by atoms with Crippen LogP contribution < -0.4 is 16.4 Å². The Morgan fingerprint density at radius 2 is 1.96 bits per heavy atom. The van der Waals surface area contributed by atoms with Crippen molar-refractivity contribution in [2.24, 2.45) is 16.6 Å². The summed E-state index contributed by atoms with van der Waals surface area (Å²) in [6, 6.07) is 6.05. The summed E-state index contributed by atoms with van der Waals surface area (Å²) in [5.41, 5.74) is 8.34. The summed E-state index contributed by atoms with van der Waals surface area (Å²) >= 11 is 0. The highest BCUT2D eigenvalue weighted by atomic mass is 19.1. The Hall–Kier alpha value is -2.90. The van der Waals surface area contributed by atoms with E-state index in [0.717, 1.165) is 35.4 Å². The molecule has 0 fully saturated rings. The maximum atomic E-state index is 13.1. The number of rotatable bonds is 9. The number of hydrogen-bond donors (Lipinski definition) is 3. The number of nitrogens with one attached hydrogen (secondary N) is 2. The first kappa shape index (κ1) is 21.4. The zero-order valence-electron chi connectivity index (χ0n) is 16.6. The van der Waals surface area contributed by atoms with Crippen molar-refractivity contribution in [1.82, 2.24) is 15.8 Å². The summed E-state index contributed by atoms with van der Waals surface area (Å²) in [6.07, 6.45) is 1.97. The van der Waals surface area contributed by atoms with Crippen LogP contribution in [0.1, 0.15) is 36.4 Å². The highest BCUT2D eigenvalue weighted by Gasteiger charge is 2.18. The molecule has 2 aromatic rings. The SMILES string of the molecule is CCc1noc(CC)c1CNC(=NC)NCC(Cc1ccc(F)cc1)C(N)=O. The largest absolute Gasteiger partial charge is 0.369 e. The van der Waals surface area contributed by atoms with Crippen molar-refractivity contribution in [1.29, 1.82) is 0 Å². The summed E-state index contributed by atoms with van der Waals surface area (Å²) in [6.45, 7) is 4.89. The number of guanidine groups is 1. The lowest BCUT2D eigenvalue weighted by molar-refractivity contribution is -0.121. The van der Waals surface area contributed by atoms with E-state index >= 15 is 0 Å². The van der Waals surface area contributed by atoms with Gasteiger partial charge in [-0.1, -0.05) is 31.1 Å². The molecule has 1 atom stereocenters. The fourth-order valence-electron chi connectivity index (χ4n) is 2.93. The van der Waals surface area contributed by atoms with Crippen LogP contribution in [-0.4, -0.2) is 30.6 Å². The molecule has 1 aromatic heterocycles. The molecular weight excluding hydrogens is 361 g/mol. The van der Waals surface area contributed by atoms with Gasteiger partial charge < -0.3 is 20.9 Å². The van der Waals surface area contributed by atoms with Gasteiger partial charge in [0.2, 0.25) is 5.91 Å². The number of carbonyl (C=O) groups excluding carboxylic acids is 1. The Bertz CT molecular complexity index is 780. The van der Waals surface area contributed by atoms with Crippen LogP contribution in [0.5, 0.6) is 0 Å². The van der Waals surface area contributed by atoms with Crippen LogP contribution in [0.15, 0.2) is 33.8 Å². The molecule has 8 heteroatoms. The van der Waals surface area contributed by atoms with Crippen LogP contribution in [0.3, 0.4) is 0 Å². The van der Waals surface area contributed by atoms with Gasteiger partial charge in [-0.15, -0.1) is 0 Å². The van der Waals surface area contributed by atoms with Crippen LogP contribution in [-0.2, 0) is 30.6 Å². The number of carbonyl (C=O) groups is 1. The molecule has 4 N–H and O–H groups in total. The lowest BCUT2D eigenvalue weighted by Crippen LogP contribution is -2.43. The summed E-state index contributed by atoms with van der Waals surface area (Å²) in [7, 11) is 1.66. The second-order valence-corrected chi connectivity index (χ2v) is 6.47. The van der Waals surface area contributed by atoms with Crippen LogP contribution in [0.25, 0.3) is 0 Å². The molecular formula is C20H28FN5O2. The van der Waals surface area contributed by atoms with Crippen LogP contribution in [0.2, 0.25) is 0 Å². The Kier molecular flexibility index (Phi) is 7.98. The minimum atomic E-state index is -0.447. The quantitative estimate of drug-likeness (QED) is 0.449. The summed E-state index contributed by atoms with van der Waals surface area (Å²) in [4.78, 5) is 16.0. The van der Waals surface area contributed by atoms with Crippen molar-refractivity contribution in [3.05, 3.63) is 52.7 Å². The number of nitrogens with zero attached hydrogens (tertiary/aromatic N) is 2. The predicted molar refractivity (Wildman–Crippen MR) is 106 cm³/mol. The molecule has 1 unspecified atom stereocenters. The van der Waals surface area contributed by atoms with E-state index in [1.165, 1.54) is 12.1 Å². The van der Waals surface area contributed by atoms with Crippen molar-refractivity contribution >= 4 is 11.9 Å². The van der Waals surface area contributed by atoms with Gasteiger partial charge in [0.15, 0.2) is 5.96 Å². The highest BCUT2D eigenvalue weighted by molar-refractivity contribution is 5.81. The summed E-state index contributed by atoms with van der Waals surface area (Å²) in [5, 5.41) is 10.5. The van der Waals surface area contributed by atoms with Gasteiger partial charge in [-0.25, -0.2) is 4.39 Å². The van der Waals surface area contributed by atoms with Gasteiger partial charge >= 0.3 is 0 Å². The van der Waals surface area contributed by atoms with E-state index in [4.69, 9.17) is 10.3 Å². The monoisotopic (exact) mass is 389 g/mol. The minimum absolute atomic E-state index is 0.311. The van der Waals surface area contributed by atoms with E-state index in [-0.39, 0.29) is 5.82 Å². The van der Waals surface area contributed by atoms with E-state index in [1.54, 1.807) is 19.2 Å². The molecule has 0 aliphatic rings. The fourth-order valence-corrected chi connectivity index (χ4v) is 2.93. The fraction of sp³-hybridized carbons (Fsp3) is 0.450. The Morgan fingerprint density at radius 1 is 1.25 bits per heavy atom. The number of halogens is 1. The summed E-state index contributed by atoms with van der Waals surface area (Å²) < 4.78 is 18.4. The van der Waals surface area contributed by atoms with E-state index in [2.05, 4.69) is 20.8 Å². The third kappa shape index (κ3) is 5.80. The zero-order valence-corrected chi connectivity index (χ0v) is 16.6. The first-order chi connectivity index (χ1) is 13.5. The van der Waals surface area contributed by atoms with E-state index < -0.39 is 11.8 Å². The molecule has 2 rings (SSSR count). The van der Waals surface area contributed by atoms with Crippen molar-refractivity contribution in [2.75, 3.05) is 13.6 Å². The average molecular weight is 389 g/mol. The lowest BCUT2D eigenvalue weighted by atomic mass is 9.98. The third-order valence-electron chi connectivity index (χ3n) is 4.58. The molecule has 0 aliphatic carbocycles. The van der Waals surface area contributed by atoms with Gasteiger partial charge in [-0.2, -0.15) is 0 Å². The maximum absolute atomic E-state index is 13.1. The molecule has 7 nitrogen and oxygen atoms in total. The topological polar surface area (TPSA) is 106 Å². The molecule has 0 saturated carbocycles. The van der Waals surface area contributed by atoms with Gasteiger partial charge in [0.25, 0.3) is 0 Å². The van der Waals surface area contributed by atoms with Crippen molar-refractivity contribution in [3.63, 3.8) is 0 Å². The molecule has 0 bridgehead atoms. The molecule has 0 spiro atoms.